The molecule has 0 aliphatic heterocycles. The van der Waals surface area contributed by atoms with Crippen molar-refractivity contribution in [3.05, 3.63) is 71.0 Å². The normalized spacial score (nSPS) is 14.6. The van der Waals surface area contributed by atoms with Crippen LogP contribution >= 0.6 is 0 Å². The molecule has 2 aliphatic carbocycles. The number of carbonyl (C=O) groups is 5. The molecule has 3 rings (SSSR count). The first-order chi connectivity index (χ1) is 17.0. The van der Waals surface area contributed by atoms with Gasteiger partial charge in [-0.15, -0.1) is 0 Å². The Bertz CT molecular complexity index is 1260. The molecule has 12 nitrogen and oxygen atoms in total. The summed E-state index contributed by atoms with van der Waals surface area (Å²) in [5.41, 5.74) is 0.633. The summed E-state index contributed by atoms with van der Waals surface area (Å²) in [6, 6.07) is 5.45. The largest absolute Gasteiger partial charge is 0.871 e. The van der Waals surface area contributed by atoms with Gasteiger partial charge >= 0.3 is 0 Å². The van der Waals surface area contributed by atoms with Crippen LogP contribution in [0.2, 0.25) is 0 Å². The second-order valence-corrected chi connectivity index (χ2v) is 7.70. The van der Waals surface area contributed by atoms with Crippen LogP contribution in [0.3, 0.4) is 0 Å². The van der Waals surface area contributed by atoms with E-state index in [4.69, 9.17) is 0 Å². The minimum Gasteiger partial charge on any atom is -0.871 e. The lowest BCUT2D eigenvalue weighted by Gasteiger charge is -2.32. The highest BCUT2D eigenvalue weighted by Crippen LogP contribution is 2.37. The van der Waals surface area contributed by atoms with E-state index in [0.717, 1.165) is 9.48 Å². The lowest BCUT2D eigenvalue weighted by molar-refractivity contribution is -0.526. The Morgan fingerprint density at radius 3 is 1.64 bits per heavy atom. The van der Waals surface area contributed by atoms with Gasteiger partial charge in [0, 0.05) is 29.0 Å². The predicted octanol–water partition coefficient (Wildman–Crippen LogP) is -5.98. The van der Waals surface area contributed by atoms with Crippen molar-refractivity contribution >= 4 is 46.6 Å². The summed E-state index contributed by atoms with van der Waals surface area (Å²) in [4.78, 5) is 57.2. The average molecular weight is 492 g/mol. The van der Waals surface area contributed by atoms with Gasteiger partial charge in [0.25, 0.3) is 0 Å². The lowest BCUT2D eigenvalue weighted by Crippen LogP contribution is -2.44. The molecular weight excluding hydrogens is 476 g/mol. The molecule has 0 radical (unpaired) electrons. The summed E-state index contributed by atoms with van der Waals surface area (Å²) in [5, 5.41) is 56.3. The summed E-state index contributed by atoms with van der Waals surface area (Å²) >= 11 is 0. The number of ketones is 1. The Hall–Kier alpha value is -5.00. The molecule has 0 atom stereocenters. The first kappa shape index (κ1) is 25.6. The van der Waals surface area contributed by atoms with Gasteiger partial charge in [0.1, 0.15) is 11.9 Å². The fourth-order valence-corrected chi connectivity index (χ4v) is 3.70. The second kappa shape index (κ2) is 10.5. The molecule has 2 aliphatic rings. The molecule has 0 saturated heterocycles. The zero-order valence-corrected chi connectivity index (χ0v) is 18.4. The number of nitrogens with zero attached hydrogens (tertiary/aromatic N) is 2. The molecule has 1 aromatic carbocycles. The molecular formula is C24H16N2O10-4. The molecule has 0 fully saturated rings. The standard InChI is InChI=1S/C24H20N2O10/c27-17(28)9-25(10-18(29)30)15-5-1-13(2-6-15)21-23(35)22(24(21)36)14-3-7-16(8-4-14)26(11-19(31)32)12-20(33)34/h1-8H,9-12H2,(H4-,27,28,29,30,31,32,33,34,35,36)/p-4. The average Bonchev–Trinajstić information content (AvgIpc) is 2.78. The van der Waals surface area contributed by atoms with Crippen molar-refractivity contribution in [2.75, 3.05) is 31.1 Å². The lowest BCUT2D eigenvalue weighted by atomic mass is 9.80. The smallest absolute Gasteiger partial charge is 0.200 e. The Kier molecular flexibility index (Phi) is 7.48. The van der Waals surface area contributed by atoms with Crippen LogP contribution in [-0.2, 0) is 24.0 Å². The highest BCUT2D eigenvalue weighted by atomic mass is 16.4. The minimum absolute atomic E-state index is 0.123. The molecule has 12 heteroatoms. The molecule has 36 heavy (non-hydrogen) atoms. The van der Waals surface area contributed by atoms with Crippen molar-refractivity contribution in [3.63, 3.8) is 0 Å². The number of Topliss-reactive ketones (excluding diaryl/α,β-unsaturated/α-hetero) is 1. The molecule has 0 amide bonds. The van der Waals surface area contributed by atoms with Gasteiger partial charge in [0.15, 0.2) is 18.9 Å². The third kappa shape index (κ3) is 5.73. The fourth-order valence-electron chi connectivity index (χ4n) is 3.70. The van der Waals surface area contributed by atoms with Gasteiger partial charge in [0.05, 0.1) is 25.0 Å². The number of carboxylic acids is 4. The van der Waals surface area contributed by atoms with Gasteiger partial charge in [-0.25, -0.2) is 4.58 Å². The van der Waals surface area contributed by atoms with Crippen LogP contribution in [0.1, 0.15) is 5.56 Å². The predicted molar refractivity (Wildman–Crippen MR) is 111 cm³/mol. The number of carboxylic acid groups (broad SMARTS) is 4. The monoisotopic (exact) mass is 492 g/mol. The van der Waals surface area contributed by atoms with Crippen molar-refractivity contribution in [2.45, 2.75) is 0 Å². The maximum absolute atomic E-state index is 12.7. The Labute approximate surface area is 203 Å². The first-order valence-corrected chi connectivity index (χ1v) is 10.3. The molecule has 0 bridgehead atoms. The van der Waals surface area contributed by atoms with Crippen molar-refractivity contribution < 1.29 is 54.1 Å². The number of allylic oxidation sites excluding steroid dienone is 7. The van der Waals surface area contributed by atoms with Gasteiger partial charge < -0.3 is 49.6 Å². The molecule has 0 unspecified atom stereocenters. The molecule has 0 N–H and O–H groups in total. The van der Waals surface area contributed by atoms with E-state index in [0.29, 0.717) is 0 Å². The van der Waals surface area contributed by atoms with E-state index in [-0.39, 0.29) is 33.7 Å². The van der Waals surface area contributed by atoms with Crippen LogP contribution in [0, 0.1) is 0 Å². The molecule has 186 valence electrons. The Morgan fingerprint density at radius 1 is 0.722 bits per heavy atom. The number of hydrogen-bond donors (Lipinski definition) is 0. The summed E-state index contributed by atoms with van der Waals surface area (Å²) < 4.78 is 0.979. The number of carbonyl (C=O) groups excluding carboxylic acids is 5. The number of aliphatic carboxylic acids is 4. The van der Waals surface area contributed by atoms with Crippen molar-refractivity contribution in [1.29, 1.82) is 0 Å². The highest BCUT2D eigenvalue weighted by molar-refractivity contribution is 6.39. The summed E-state index contributed by atoms with van der Waals surface area (Å²) in [6.45, 7) is -2.84. The van der Waals surface area contributed by atoms with Crippen LogP contribution in [0.15, 0.2) is 65.5 Å². The van der Waals surface area contributed by atoms with Crippen molar-refractivity contribution in [3.8, 4) is 0 Å². The van der Waals surface area contributed by atoms with E-state index in [9.17, 15) is 49.5 Å². The topological polar surface area (TPSA) is 207 Å². The van der Waals surface area contributed by atoms with Gasteiger partial charge in [0.2, 0.25) is 5.71 Å². The van der Waals surface area contributed by atoms with Crippen LogP contribution in [-0.4, -0.2) is 66.1 Å². The van der Waals surface area contributed by atoms with Gasteiger partial charge in [-0.1, -0.05) is 17.9 Å². The van der Waals surface area contributed by atoms with Crippen LogP contribution in [0.5, 0.6) is 0 Å². The fraction of sp³-hybridized carbons (Fsp3) is 0.167. The number of benzene rings is 1. The van der Waals surface area contributed by atoms with Crippen LogP contribution in [0.25, 0.3) is 5.57 Å². The Balaban J connectivity index is 1.87. The maximum atomic E-state index is 12.7. The number of hydrogen-bond acceptors (Lipinski definition) is 11. The third-order valence-electron chi connectivity index (χ3n) is 5.23. The van der Waals surface area contributed by atoms with Crippen LogP contribution < -0.4 is 30.4 Å². The molecule has 0 saturated carbocycles. The van der Waals surface area contributed by atoms with Gasteiger partial charge in [-0.05, 0) is 35.4 Å². The first-order valence-electron chi connectivity index (χ1n) is 10.3. The molecule has 0 aromatic heterocycles. The van der Waals surface area contributed by atoms with E-state index < -0.39 is 61.6 Å². The highest BCUT2D eigenvalue weighted by Gasteiger charge is 2.30. The molecule has 0 spiro atoms. The summed E-state index contributed by atoms with van der Waals surface area (Å²) in [6.07, 6.45) is 5.45. The zero-order chi connectivity index (χ0) is 26.6. The van der Waals surface area contributed by atoms with E-state index in [1.54, 1.807) is 0 Å². The van der Waals surface area contributed by atoms with Gasteiger partial charge in [-0.3, -0.25) is 4.79 Å². The van der Waals surface area contributed by atoms with Crippen molar-refractivity contribution in [2.24, 2.45) is 0 Å². The SMILES string of the molecule is O=C([O-])CN(CC(=O)[O-])c1ccc(C2=C([O-])C(=C3C=CC(=[N+](CC(=O)[O-])CC(=O)[O-])C=C3)C2=O)cc1. The quantitative estimate of drug-likeness (QED) is 0.222. The number of anilines is 1. The molecule has 1 aromatic rings. The number of rotatable bonds is 10. The van der Waals surface area contributed by atoms with Crippen LogP contribution in [0.4, 0.5) is 5.69 Å². The maximum Gasteiger partial charge on any atom is 0.200 e. The summed E-state index contributed by atoms with van der Waals surface area (Å²) in [7, 11) is 0. The molecule has 0 heterocycles. The van der Waals surface area contributed by atoms with Crippen molar-refractivity contribution in [1.82, 2.24) is 0 Å². The zero-order valence-electron chi connectivity index (χ0n) is 18.4. The van der Waals surface area contributed by atoms with Gasteiger partial charge in [-0.2, -0.15) is 0 Å². The van der Waals surface area contributed by atoms with E-state index in [2.05, 4.69) is 0 Å². The summed E-state index contributed by atoms with van der Waals surface area (Å²) in [5.74, 6) is -7.16. The minimum atomic E-state index is -1.51. The van der Waals surface area contributed by atoms with E-state index >= 15 is 0 Å². The Morgan fingerprint density at radius 2 is 1.22 bits per heavy atom. The van der Waals surface area contributed by atoms with E-state index in [1.807, 2.05) is 0 Å². The third-order valence-corrected chi connectivity index (χ3v) is 5.23. The van der Waals surface area contributed by atoms with E-state index in [1.165, 1.54) is 48.6 Å². The second-order valence-electron chi connectivity index (χ2n) is 7.70.